The van der Waals surface area contributed by atoms with Crippen LogP contribution in [0.15, 0.2) is 66.7 Å². The number of rotatable bonds is 6. The first-order valence-electron chi connectivity index (χ1n) is 11.7. The molecule has 35 heavy (non-hydrogen) atoms. The van der Waals surface area contributed by atoms with E-state index in [1.807, 2.05) is 48.5 Å². The van der Waals surface area contributed by atoms with Gasteiger partial charge in [-0.2, -0.15) is 0 Å². The average Bonchev–Trinajstić information content (AvgIpc) is 3.27. The molecule has 0 aliphatic carbocycles. The van der Waals surface area contributed by atoms with E-state index in [2.05, 4.69) is 55.3 Å². The summed E-state index contributed by atoms with van der Waals surface area (Å²) in [5.74, 6) is 1.30. The third-order valence-corrected chi connectivity index (χ3v) is 7.54. The topological polar surface area (TPSA) is 50.8 Å². The van der Waals surface area contributed by atoms with Crippen LogP contribution in [-0.2, 0) is 16.8 Å². The zero-order chi connectivity index (χ0) is 24.8. The Labute approximate surface area is 211 Å². The molecule has 2 aliphatic rings. The number of halogens is 1. The van der Waals surface area contributed by atoms with Crippen LogP contribution in [-0.4, -0.2) is 25.2 Å². The number of aryl methyl sites for hydroxylation is 1. The molecule has 5 nitrogen and oxygen atoms in total. The van der Waals surface area contributed by atoms with Crippen molar-refractivity contribution in [3.63, 3.8) is 0 Å². The molecule has 0 radical (unpaired) electrons. The van der Waals surface area contributed by atoms with Crippen molar-refractivity contribution in [3.8, 4) is 11.5 Å². The van der Waals surface area contributed by atoms with Gasteiger partial charge in [0.15, 0.2) is 11.5 Å². The van der Waals surface area contributed by atoms with E-state index in [4.69, 9.17) is 21.1 Å². The number of carbonyl (C=O) groups excluding carboxylic acids is 1. The van der Waals surface area contributed by atoms with Crippen LogP contribution in [0, 0.1) is 6.92 Å². The quantitative estimate of drug-likeness (QED) is 0.471. The second-order valence-corrected chi connectivity index (χ2v) is 10.1. The van der Waals surface area contributed by atoms with Crippen molar-refractivity contribution in [3.05, 3.63) is 94.0 Å². The van der Waals surface area contributed by atoms with Gasteiger partial charge in [-0.15, -0.1) is 0 Å². The maximum atomic E-state index is 12.6. The van der Waals surface area contributed by atoms with Crippen LogP contribution in [0.2, 0.25) is 5.02 Å². The molecule has 0 spiro atoms. The normalized spacial score (nSPS) is 20.0. The molecule has 6 heteroatoms. The zero-order valence-corrected chi connectivity index (χ0v) is 21.1. The standard InChI is InChI=1S/C29H29ClN2O3/c1-19-9-11-24-22(15-19)28(2,3)29(31-27(33)17-32(24)29)14-13-20-10-12-25(26(16-20)34-4)35-18-21-7-5-6-8-23(21)30/h5-16H,17-18H2,1-4H3,(H,31,33)/b14-13+/t29-/m0/s1. The van der Waals surface area contributed by atoms with E-state index in [1.54, 1.807) is 7.11 Å². The Bertz CT molecular complexity index is 1330. The summed E-state index contributed by atoms with van der Waals surface area (Å²) in [4.78, 5) is 14.7. The minimum absolute atomic E-state index is 0.0230. The summed E-state index contributed by atoms with van der Waals surface area (Å²) in [6, 6.07) is 19.9. The maximum absolute atomic E-state index is 12.6. The Morgan fingerprint density at radius 2 is 1.89 bits per heavy atom. The van der Waals surface area contributed by atoms with Crippen molar-refractivity contribution in [2.45, 2.75) is 38.5 Å². The lowest BCUT2D eigenvalue weighted by atomic mass is 9.75. The minimum atomic E-state index is -0.646. The van der Waals surface area contributed by atoms with Crippen LogP contribution >= 0.6 is 11.6 Å². The molecular formula is C29H29ClN2O3. The van der Waals surface area contributed by atoms with E-state index in [1.165, 1.54) is 11.1 Å². The largest absolute Gasteiger partial charge is 0.493 e. The lowest BCUT2D eigenvalue weighted by molar-refractivity contribution is -0.118. The van der Waals surface area contributed by atoms with Gasteiger partial charge in [0, 0.05) is 21.7 Å². The van der Waals surface area contributed by atoms with Crippen LogP contribution in [0.5, 0.6) is 11.5 Å². The van der Waals surface area contributed by atoms with E-state index >= 15 is 0 Å². The van der Waals surface area contributed by atoms with Gasteiger partial charge in [0.25, 0.3) is 0 Å². The number of fused-ring (bicyclic) bond motifs is 3. The van der Waals surface area contributed by atoms with Crippen LogP contribution in [0.25, 0.3) is 6.08 Å². The van der Waals surface area contributed by atoms with Crippen molar-refractivity contribution in [2.24, 2.45) is 0 Å². The Balaban J connectivity index is 1.44. The molecule has 0 bridgehead atoms. The molecule has 1 saturated heterocycles. The number of amides is 1. The highest BCUT2D eigenvalue weighted by Crippen LogP contribution is 2.53. The van der Waals surface area contributed by atoms with Crippen molar-refractivity contribution >= 4 is 29.3 Å². The number of hydrogen-bond donors (Lipinski definition) is 1. The molecule has 0 unspecified atom stereocenters. The molecular weight excluding hydrogens is 460 g/mol. The number of ether oxygens (including phenoxy) is 2. The fraction of sp³-hybridized carbons (Fsp3) is 0.276. The summed E-state index contributed by atoms with van der Waals surface area (Å²) in [7, 11) is 1.63. The van der Waals surface area contributed by atoms with Gasteiger partial charge in [0.2, 0.25) is 5.91 Å². The second kappa shape index (κ2) is 8.65. The number of nitrogens with zero attached hydrogens (tertiary/aromatic N) is 1. The number of carbonyl (C=O) groups is 1. The van der Waals surface area contributed by atoms with E-state index in [9.17, 15) is 4.79 Å². The lowest BCUT2D eigenvalue weighted by Crippen LogP contribution is -2.58. The summed E-state index contributed by atoms with van der Waals surface area (Å²) in [5, 5.41) is 3.94. The van der Waals surface area contributed by atoms with Crippen LogP contribution < -0.4 is 19.7 Å². The van der Waals surface area contributed by atoms with Crippen LogP contribution in [0.1, 0.15) is 36.1 Å². The summed E-state index contributed by atoms with van der Waals surface area (Å²) in [5.41, 5.74) is 4.44. The van der Waals surface area contributed by atoms with Crippen LogP contribution in [0.3, 0.4) is 0 Å². The van der Waals surface area contributed by atoms with Gasteiger partial charge in [-0.1, -0.05) is 73.5 Å². The van der Waals surface area contributed by atoms with E-state index < -0.39 is 5.66 Å². The third-order valence-electron chi connectivity index (χ3n) is 7.17. The molecule has 1 atom stereocenters. The fourth-order valence-electron chi connectivity index (χ4n) is 5.18. The van der Waals surface area contributed by atoms with Gasteiger partial charge in [-0.25, -0.2) is 0 Å². The van der Waals surface area contributed by atoms with Gasteiger partial charge in [0.1, 0.15) is 12.3 Å². The molecule has 1 N–H and O–H groups in total. The number of methoxy groups -OCH3 is 1. The third kappa shape index (κ3) is 3.84. The smallest absolute Gasteiger partial charge is 0.241 e. The van der Waals surface area contributed by atoms with E-state index in [-0.39, 0.29) is 11.3 Å². The molecule has 1 amide bonds. The molecule has 1 fully saturated rings. The molecule has 3 aromatic rings. The number of anilines is 1. The minimum Gasteiger partial charge on any atom is -0.493 e. The molecule has 3 aromatic carbocycles. The predicted octanol–water partition coefficient (Wildman–Crippen LogP) is 5.87. The summed E-state index contributed by atoms with van der Waals surface area (Å²) < 4.78 is 11.6. The van der Waals surface area contributed by atoms with Gasteiger partial charge >= 0.3 is 0 Å². The summed E-state index contributed by atoms with van der Waals surface area (Å²) >= 11 is 6.26. The molecule has 2 heterocycles. The Kier molecular flexibility index (Phi) is 5.76. The Morgan fingerprint density at radius 3 is 2.66 bits per heavy atom. The van der Waals surface area contributed by atoms with Gasteiger partial charge in [-0.3, -0.25) is 4.79 Å². The molecule has 0 saturated carbocycles. The highest BCUT2D eigenvalue weighted by Gasteiger charge is 2.59. The van der Waals surface area contributed by atoms with Crippen molar-refractivity contribution in [1.29, 1.82) is 0 Å². The van der Waals surface area contributed by atoms with Gasteiger partial charge < -0.3 is 19.7 Å². The zero-order valence-electron chi connectivity index (χ0n) is 20.4. The highest BCUT2D eigenvalue weighted by molar-refractivity contribution is 6.31. The SMILES string of the molecule is COc1cc(/C=C/[C@]23NC(=O)CN2c2ccc(C)cc2C3(C)C)ccc1OCc1ccccc1Cl. The average molecular weight is 489 g/mol. The van der Waals surface area contributed by atoms with Crippen molar-refractivity contribution in [2.75, 3.05) is 18.6 Å². The van der Waals surface area contributed by atoms with E-state index in [0.29, 0.717) is 29.7 Å². The van der Waals surface area contributed by atoms with Crippen molar-refractivity contribution < 1.29 is 14.3 Å². The first-order valence-corrected chi connectivity index (χ1v) is 12.1. The molecule has 0 aromatic heterocycles. The molecule has 5 rings (SSSR count). The lowest BCUT2D eigenvalue weighted by Gasteiger charge is -2.40. The van der Waals surface area contributed by atoms with Crippen LogP contribution in [0.4, 0.5) is 5.69 Å². The number of nitrogens with one attached hydrogen (secondary N) is 1. The first-order chi connectivity index (χ1) is 16.7. The predicted molar refractivity (Wildman–Crippen MR) is 140 cm³/mol. The fourth-order valence-corrected chi connectivity index (χ4v) is 5.37. The Hall–Kier alpha value is -3.44. The highest BCUT2D eigenvalue weighted by atomic mass is 35.5. The summed E-state index contributed by atoms with van der Waals surface area (Å²) in [6.45, 7) is 7.16. The Morgan fingerprint density at radius 1 is 1.09 bits per heavy atom. The number of hydrogen-bond acceptors (Lipinski definition) is 4. The molecule has 2 aliphatic heterocycles. The monoisotopic (exact) mass is 488 g/mol. The summed E-state index contributed by atoms with van der Waals surface area (Å²) in [6.07, 6.45) is 4.14. The first kappa shape index (κ1) is 23.3. The van der Waals surface area contributed by atoms with Gasteiger partial charge in [0.05, 0.1) is 13.7 Å². The maximum Gasteiger partial charge on any atom is 0.241 e. The second-order valence-electron chi connectivity index (χ2n) is 9.67. The molecule has 180 valence electrons. The van der Waals surface area contributed by atoms with Crippen molar-refractivity contribution in [1.82, 2.24) is 5.32 Å². The van der Waals surface area contributed by atoms with Gasteiger partial charge in [-0.05, 0) is 48.4 Å². The van der Waals surface area contributed by atoms with E-state index in [0.717, 1.165) is 16.8 Å². The number of benzene rings is 3.